The lowest BCUT2D eigenvalue weighted by molar-refractivity contribution is 0.0382. The van der Waals surface area contributed by atoms with Gasteiger partial charge in [-0.3, -0.25) is 9.69 Å². The number of rotatable bonds is 4. The fourth-order valence-corrected chi connectivity index (χ4v) is 1.57. The molecule has 1 saturated heterocycles. The minimum atomic E-state index is -0.217. The van der Waals surface area contributed by atoms with Gasteiger partial charge < -0.3 is 14.5 Å². The molecule has 0 radical (unpaired) electrons. The van der Waals surface area contributed by atoms with Gasteiger partial charge in [-0.1, -0.05) is 0 Å². The molecule has 1 N–H and O–H groups in total. The van der Waals surface area contributed by atoms with Gasteiger partial charge in [0.25, 0.3) is 5.91 Å². The lowest BCUT2D eigenvalue weighted by Crippen LogP contribution is -2.41. The van der Waals surface area contributed by atoms with Crippen LogP contribution in [0.2, 0.25) is 0 Å². The van der Waals surface area contributed by atoms with Crippen molar-refractivity contribution in [2.45, 2.75) is 0 Å². The van der Waals surface area contributed by atoms with Gasteiger partial charge in [-0.05, 0) is 0 Å². The molecule has 0 unspecified atom stereocenters. The molecule has 16 heavy (non-hydrogen) atoms. The molecule has 1 fully saturated rings. The Kier molecular flexibility index (Phi) is 3.90. The summed E-state index contributed by atoms with van der Waals surface area (Å²) in [6.45, 7) is 4.85. The summed E-state index contributed by atoms with van der Waals surface area (Å²) in [5, 5.41) is 2.78. The molecule has 0 spiro atoms. The Hall–Kier alpha value is -1.40. The molecule has 1 aromatic rings. The normalized spacial score (nSPS) is 17.2. The topological polar surface area (TPSA) is 67.6 Å². The predicted molar refractivity (Wildman–Crippen MR) is 56.1 cm³/mol. The van der Waals surface area contributed by atoms with E-state index in [1.165, 1.54) is 12.6 Å². The number of ether oxygens (including phenoxy) is 1. The summed E-state index contributed by atoms with van der Waals surface area (Å²) < 4.78 is 10.1. The molecule has 88 valence electrons. The van der Waals surface area contributed by atoms with Crippen LogP contribution in [-0.4, -0.2) is 55.2 Å². The highest BCUT2D eigenvalue weighted by Gasteiger charge is 2.11. The maximum absolute atomic E-state index is 11.5. The van der Waals surface area contributed by atoms with E-state index in [0.29, 0.717) is 6.54 Å². The van der Waals surface area contributed by atoms with E-state index < -0.39 is 0 Å². The van der Waals surface area contributed by atoms with Crippen LogP contribution in [0, 0.1) is 0 Å². The maximum Gasteiger partial charge on any atom is 0.288 e. The van der Waals surface area contributed by atoms with E-state index >= 15 is 0 Å². The van der Waals surface area contributed by atoms with Gasteiger partial charge in [0.2, 0.25) is 5.76 Å². The SMILES string of the molecule is O=C(NCCN1CCOCC1)c1cnco1. The summed E-state index contributed by atoms with van der Waals surface area (Å²) in [6, 6.07) is 0. The third kappa shape index (κ3) is 3.04. The van der Waals surface area contributed by atoms with Crippen molar-refractivity contribution in [2.24, 2.45) is 0 Å². The van der Waals surface area contributed by atoms with E-state index in [9.17, 15) is 4.79 Å². The molecule has 0 aliphatic carbocycles. The van der Waals surface area contributed by atoms with Crippen LogP contribution in [0.1, 0.15) is 10.6 Å². The van der Waals surface area contributed by atoms with Crippen LogP contribution in [0.15, 0.2) is 17.0 Å². The molecular formula is C10H15N3O3. The highest BCUT2D eigenvalue weighted by atomic mass is 16.5. The van der Waals surface area contributed by atoms with Gasteiger partial charge in [0.1, 0.15) is 0 Å². The van der Waals surface area contributed by atoms with Crippen LogP contribution in [0.4, 0.5) is 0 Å². The Labute approximate surface area is 93.6 Å². The van der Waals surface area contributed by atoms with Crippen LogP contribution in [0.3, 0.4) is 0 Å². The zero-order chi connectivity index (χ0) is 11.2. The van der Waals surface area contributed by atoms with Crippen molar-refractivity contribution in [3.63, 3.8) is 0 Å². The van der Waals surface area contributed by atoms with Crippen molar-refractivity contribution in [2.75, 3.05) is 39.4 Å². The zero-order valence-corrected chi connectivity index (χ0v) is 9.02. The first-order valence-corrected chi connectivity index (χ1v) is 5.33. The van der Waals surface area contributed by atoms with Crippen LogP contribution >= 0.6 is 0 Å². The van der Waals surface area contributed by atoms with E-state index in [1.54, 1.807) is 0 Å². The Balaban J connectivity index is 1.66. The summed E-state index contributed by atoms with van der Waals surface area (Å²) in [6.07, 6.45) is 2.65. The molecule has 0 bridgehead atoms. The summed E-state index contributed by atoms with van der Waals surface area (Å²) in [5.74, 6) is 0.0349. The first kappa shape index (κ1) is 11.1. The number of hydrogen-bond donors (Lipinski definition) is 1. The van der Waals surface area contributed by atoms with Crippen LogP contribution in [0.25, 0.3) is 0 Å². The van der Waals surface area contributed by atoms with Crippen LogP contribution in [-0.2, 0) is 4.74 Å². The molecular weight excluding hydrogens is 210 g/mol. The second-order valence-corrected chi connectivity index (χ2v) is 3.58. The lowest BCUT2D eigenvalue weighted by Gasteiger charge is -2.26. The third-order valence-electron chi connectivity index (χ3n) is 2.47. The van der Waals surface area contributed by atoms with Gasteiger partial charge in [0, 0.05) is 26.2 Å². The minimum Gasteiger partial charge on any atom is -0.438 e. The number of amides is 1. The highest BCUT2D eigenvalue weighted by molar-refractivity contribution is 5.90. The van der Waals surface area contributed by atoms with Crippen LogP contribution < -0.4 is 5.32 Å². The Morgan fingerprint density at radius 2 is 2.31 bits per heavy atom. The Morgan fingerprint density at radius 1 is 1.50 bits per heavy atom. The van der Waals surface area contributed by atoms with Gasteiger partial charge >= 0.3 is 0 Å². The van der Waals surface area contributed by atoms with Crippen molar-refractivity contribution >= 4 is 5.91 Å². The summed E-state index contributed by atoms with van der Waals surface area (Å²) in [4.78, 5) is 17.4. The van der Waals surface area contributed by atoms with Gasteiger partial charge in [-0.25, -0.2) is 4.98 Å². The Bertz CT molecular complexity index is 320. The number of aromatic nitrogens is 1. The molecule has 2 rings (SSSR count). The highest BCUT2D eigenvalue weighted by Crippen LogP contribution is 1.97. The van der Waals surface area contributed by atoms with E-state index in [0.717, 1.165) is 32.8 Å². The molecule has 6 nitrogen and oxygen atoms in total. The number of carbonyl (C=O) groups excluding carboxylic acids is 1. The number of hydrogen-bond acceptors (Lipinski definition) is 5. The van der Waals surface area contributed by atoms with Gasteiger partial charge in [-0.2, -0.15) is 0 Å². The minimum absolute atomic E-state index is 0.217. The first-order valence-electron chi connectivity index (χ1n) is 5.33. The maximum atomic E-state index is 11.5. The van der Waals surface area contributed by atoms with Crippen molar-refractivity contribution in [3.05, 3.63) is 18.4 Å². The van der Waals surface area contributed by atoms with Gasteiger partial charge in [0.05, 0.1) is 19.4 Å². The fraction of sp³-hybridized carbons (Fsp3) is 0.600. The average molecular weight is 225 g/mol. The number of nitrogens with zero attached hydrogens (tertiary/aromatic N) is 2. The smallest absolute Gasteiger partial charge is 0.288 e. The zero-order valence-electron chi connectivity index (χ0n) is 9.02. The quantitative estimate of drug-likeness (QED) is 0.764. The average Bonchev–Trinajstić information content (AvgIpc) is 2.84. The van der Waals surface area contributed by atoms with Crippen molar-refractivity contribution < 1.29 is 13.9 Å². The molecule has 2 heterocycles. The molecule has 1 amide bonds. The number of nitrogens with one attached hydrogen (secondary N) is 1. The Morgan fingerprint density at radius 3 is 3.00 bits per heavy atom. The summed E-state index contributed by atoms with van der Waals surface area (Å²) in [7, 11) is 0. The monoisotopic (exact) mass is 225 g/mol. The van der Waals surface area contributed by atoms with Gasteiger partial charge in [-0.15, -0.1) is 0 Å². The van der Waals surface area contributed by atoms with Gasteiger partial charge in [0.15, 0.2) is 6.39 Å². The van der Waals surface area contributed by atoms with E-state index in [2.05, 4.69) is 15.2 Å². The second kappa shape index (κ2) is 5.62. The molecule has 0 saturated carbocycles. The fourth-order valence-electron chi connectivity index (χ4n) is 1.57. The second-order valence-electron chi connectivity index (χ2n) is 3.58. The van der Waals surface area contributed by atoms with Crippen LogP contribution in [0.5, 0.6) is 0 Å². The molecule has 6 heteroatoms. The number of morpholine rings is 1. The largest absolute Gasteiger partial charge is 0.438 e. The molecule has 0 aromatic carbocycles. The third-order valence-corrected chi connectivity index (χ3v) is 2.47. The van der Waals surface area contributed by atoms with E-state index in [4.69, 9.17) is 9.15 Å². The molecule has 1 aliphatic rings. The number of carbonyl (C=O) groups is 1. The summed E-state index contributed by atoms with van der Waals surface area (Å²) in [5.41, 5.74) is 0. The standard InChI is InChI=1S/C10H15N3O3/c14-10(9-7-11-8-16-9)12-1-2-13-3-5-15-6-4-13/h7-8H,1-6H2,(H,12,14). The molecule has 0 atom stereocenters. The predicted octanol–water partition coefficient (Wildman–Crippen LogP) is -0.263. The van der Waals surface area contributed by atoms with Crippen molar-refractivity contribution in [3.8, 4) is 0 Å². The lowest BCUT2D eigenvalue weighted by atomic mass is 10.4. The molecule has 1 aliphatic heterocycles. The van der Waals surface area contributed by atoms with Crippen molar-refractivity contribution in [1.29, 1.82) is 0 Å². The molecule has 1 aromatic heterocycles. The first-order chi connectivity index (χ1) is 7.86. The summed E-state index contributed by atoms with van der Waals surface area (Å²) >= 11 is 0. The van der Waals surface area contributed by atoms with E-state index in [1.807, 2.05) is 0 Å². The van der Waals surface area contributed by atoms with E-state index in [-0.39, 0.29) is 11.7 Å². The number of oxazole rings is 1. The van der Waals surface area contributed by atoms with Crippen molar-refractivity contribution in [1.82, 2.24) is 15.2 Å².